The molecule has 0 aliphatic rings. The topological polar surface area (TPSA) is 64.3 Å². The minimum atomic E-state index is -0.432. The number of aryl methyl sites for hydroxylation is 1. The Balaban J connectivity index is 2.34. The molecule has 0 aliphatic carbocycles. The third-order valence-corrected chi connectivity index (χ3v) is 3.32. The number of rotatable bonds is 5. The van der Waals surface area contributed by atoms with Crippen LogP contribution in [0.25, 0.3) is 0 Å². The molecule has 2 aromatic carbocycles. The Morgan fingerprint density at radius 3 is 2.57 bits per heavy atom. The Hall–Kier alpha value is -2.49. The lowest BCUT2D eigenvalue weighted by atomic mass is 10.1. The Labute approximate surface area is 124 Å². The number of carbonyl (C=O) groups excluding carboxylic acids is 1. The number of nitrogens with two attached hydrogens (primary N) is 1. The van der Waals surface area contributed by atoms with Crippen molar-refractivity contribution in [2.45, 2.75) is 19.8 Å². The van der Waals surface area contributed by atoms with Gasteiger partial charge in [-0.25, -0.2) is 4.79 Å². The number of ether oxygens (including phenoxy) is 1. The van der Waals surface area contributed by atoms with Crippen LogP contribution in [0, 0.1) is 0 Å². The van der Waals surface area contributed by atoms with Crippen LogP contribution in [-0.4, -0.2) is 13.1 Å². The van der Waals surface area contributed by atoms with Gasteiger partial charge in [0.15, 0.2) is 0 Å². The van der Waals surface area contributed by atoms with Crippen LogP contribution in [0.2, 0.25) is 0 Å². The third-order valence-electron chi connectivity index (χ3n) is 3.32. The molecule has 21 heavy (non-hydrogen) atoms. The fourth-order valence-corrected chi connectivity index (χ4v) is 2.24. The fourth-order valence-electron chi connectivity index (χ4n) is 2.24. The first-order valence-corrected chi connectivity index (χ1v) is 6.99. The highest BCUT2D eigenvalue weighted by molar-refractivity contribution is 5.98. The van der Waals surface area contributed by atoms with Crippen LogP contribution in [-0.2, 0) is 11.2 Å². The minimum absolute atomic E-state index is 0.371. The van der Waals surface area contributed by atoms with E-state index in [0.717, 1.165) is 18.5 Å². The summed E-state index contributed by atoms with van der Waals surface area (Å²) in [5.41, 5.74) is 9.78. The van der Waals surface area contributed by atoms with E-state index < -0.39 is 5.97 Å². The molecule has 0 heterocycles. The van der Waals surface area contributed by atoms with Gasteiger partial charge in [0.1, 0.15) is 0 Å². The summed E-state index contributed by atoms with van der Waals surface area (Å²) in [6, 6.07) is 13.4. The highest BCUT2D eigenvalue weighted by Gasteiger charge is 2.13. The molecule has 0 bridgehead atoms. The molecule has 0 aromatic heterocycles. The zero-order chi connectivity index (χ0) is 15.2. The van der Waals surface area contributed by atoms with Crippen molar-refractivity contribution in [1.29, 1.82) is 0 Å². The Morgan fingerprint density at radius 1 is 1.14 bits per heavy atom. The van der Waals surface area contributed by atoms with E-state index in [1.165, 1.54) is 12.7 Å². The second-order valence-corrected chi connectivity index (χ2v) is 4.79. The van der Waals surface area contributed by atoms with E-state index in [0.29, 0.717) is 16.9 Å². The van der Waals surface area contributed by atoms with Crippen LogP contribution in [0.1, 0.15) is 29.3 Å². The second-order valence-electron chi connectivity index (χ2n) is 4.79. The summed E-state index contributed by atoms with van der Waals surface area (Å²) in [6.07, 6.45) is 2.05. The van der Waals surface area contributed by atoms with Gasteiger partial charge in [-0.3, -0.25) is 0 Å². The van der Waals surface area contributed by atoms with Crippen molar-refractivity contribution in [1.82, 2.24) is 0 Å². The highest BCUT2D eigenvalue weighted by atomic mass is 16.5. The average molecular weight is 284 g/mol. The largest absolute Gasteiger partial charge is 0.465 e. The van der Waals surface area contributed by atoms with Crippen molar-refractivity contribution in [3.63, 3.8) is 0 Å². The molecule has 0 saturated heterocycles. The van der Waals surface area contributed by atoms with Crippen LogP contribution >= 0.6 is 0 Å². The molecule has 4 nitrogen and oxygen atoms in total. The maximum atomic E-state index is 11.7. The monoisotopic (exact) mass is 284 g/mol. The molecular weight excluding hydrogens is 264 g/mol. The summed E-state index contributed by atoms with van der Waals surface area (Å²) >= 11 is 0. The molecular formula is C17H20N2O2. The number of esters is 1. The summed E-state index contributed by atoms with van der Waals surface area (Å²) < 4.78 is 4.74. The lowest BCUT2D eigenvalue weighted by Crippen LogP contribution is -2.08. The van der Waals surface area contributed by atoms with Crippen molar-refractivity contribution in [2.24, 2.45) is 0 Å². The maximum Gasteiger partial charge on any atom is 0.340 e. The number of carbonyl (C=O) groups is 1. The normalized spacial score (nSPS) is 10.2. The number of nitrogens with one attached hydrogen (secondary N) is 1. The molecule has 0 aliphatic heterocycles. The van der Waals surface area contributed by atoms with Gasteiger partial charge in [-0.1, -0.05) is 37.6 Å². The van der Waals surface area contributed by atoms with Crippen LogP contribution < -0.4 is 11.1 Å². The molecule has 2 aromatic rings. The van der Waals surface area contributed by atoms with E-state index in [1.807, 2.05) is 24.3 Å². The highest BCUT2D eigenvalue weighted by Crippen LogP contribution is 2.28. The van der Waals surface area contributed by atoms with Gasteiger partial charge in [-0.05, 0) is 30.2 Å². The van der Waals surface area contributed by atoms with Crippen LogP contribution in [0.3, 0.4) is 0 Å². The van der Waals surface area contributed by atoms with E-state index in [2.05, 4.69) is 18.3 Å². The number of para-hydroxylation sites is 2. The van der Waals surface area contributed by atoms with Crippen LogP contribution in [0.15, 0.2) is 42.5 Å². The van der Waals surface area contributed by atoms with E-state index in [4.69, 9.17) is 10.5 Å². The van der Waals surface area contributed by atoms with Crippen molar-refractivity contribution in [3.8, 4) is 0 Å². The van der Waals surface area contributed by atoms with Crippen molar-refractivity contribution in [3.05, 3.63) is 53.6 Å². The van der Waals surface area contributed by atoms with Crippen LogP contribution in [0.5, 0.6) is 0 Å². The summed E-state index contributed by atoms with van der Waals surface area (Å²) in [5, 5.41) is 3.31. The number of nitrogen functional groups attached to an aromatic ring is 1. The SMILES string of the molecule is CCCc1ccccc1Nc1cccc(C(=O)OC)c1N. The van der Waals surface area contributed by atoms with Crippen molar-refractivity contribution >= 4 is 23.0 Å². The smallest absolute Gasteiger partial charge is 0.340 e. The summed E-state index contributed by atoms with van der Waals surface area (Å²) in [7, 11) is 1.35. The predicted molar refractivity (Wildman–Crippen MR) is 85.9 cm³/mol. The first kappa shape index (κ1) is 14.9. The molecule has 0 saturated carbocycles. The molecule has 0 unspecified atom stereocenters. The zero-order valence-corrected chi connectivity index (χ0v) is 12.3. The first-order chi connectivity index (χ1) is 10.2. The molecule has 0 atom stereocenters. The van der Waals surface area contributed by atoms with Crippen molar-refractivity contribution in [2.75, 3.05) is 18.2 Å². The van der Waals surface area contributed by atoms with E-state index in [-0.39, 0.29) is 0 Å². The molecule has 0 amide bonds. The molecule has 3 N–H and O–H groups in total. The zero-order valence-electron chi connectivity index (χ0n) is 12.3. The van der Waals surface area contributed by atoms with Gasteiger partial charge in [0, 0.05) is 5.69 Å². The summed E-state index contributed by atoms with van der Waals surface area (Å²) in [6.45, 7) is 2.14. The molecule has 0 spiro atoms. The van der Waals surface area contributed by atoms with Gasteiger partial charge in [-0.2, -0.15) is 0 Å². The summed E-state index contributed by atoms with van der Waals surface area (Å²) in [5.74, 6) is -0.432. The number of methoxy groups -OCH3 is 1. The van der Waals surface area contributed by atoms with Gasteiger partial charge in [0.2, 0.25) is 0 Å². The van der Waals surface area contributed by atoms with E-state index in [1.54, 1.807) is 12.1 Å². The van der Waals surface area contributed by atoms with E-state index >= 15 is 0 Å². The van der Waals surface area contributed by atoms with Gasteiger partial charge in [-0.15, -0.1) is 0 Å². The van der Waals surface area contributed by atoms with Gasteiger partial charge in [0.25, 0.3) is 0 Å². The predicted octanol–water partition coefficient (Wildman–Crippen LogP) is 3.75. The van der Waals surface area contributed by atoms with Crippen LogP contribution in [0.4, 0.5) is 17.1 Å². The van der Waals surface area contributed by atoms with E-state index in [9.17, 15) is 4.79 Å². The Bertz CT molecular complexity index is 638. The second kappa shape index (κ2) is 6.79. The Kier molecular flexibility index (Phi) is 4.82. The molecule has 0 radical (unpaired) electrons. The quantitative estimate of drug-likeness (QED) is 0.648. The standard InChI is InChI=1S/C17H20N2O2/c1-3-7-12-8-4-5-10-14(12)19-15-11-6-9-13(16(15)18)17(20)21-2/h4-6,8-11,19H,3,7,18H2,1-2H3. The van der Waals surface area contributed by atoms with Gasteiger partial charge >= 0.3 is 5.97 Å². The van der Waals surface area contributed by atoms with Gasteiger partial charge in [0.05, 0.1) is 24.0 Å². The first-order valence-electron chi connectivity index (χ1n) is 6.99. The molecule has 110 valence electrons. The lowest BCUT2D eigenvalue weighted by Gasteiger charge is -2.14. The number of hydrogen-bond acceptors (Lipinski definition) is 4. The van der Waals surface area contributed by atoms with Gasteiger partial charge < -0.3 is 15.8 Å². The lowest BCUT2D eigenvalue weighted by molar-refractivity contribution is 0.0602. The van der Waals surface area contributed by atoms with Crippen molar-refractivity contribution < 1.29 is 9.53 Å². The number of anilines is 3. The number of benzene rings is 2. The average Bonchev–Trinajstić information content (AvgIpc) is 2.51. The Morgan fingerprint density at radius 2 is 1.86 bits per heavy atom. The third kappa shape index (κ3) is 3.34. The molecule has 4 heteroatoms. The maximum absolute atomic E-state index is 11.7. The molecule has 2 rings (SSSR count). The fraction of sp³-hybridized carbons (Fsp3) is 0.235. The number of hydrogen-bond donors (Lipinski definition) is 2. The molecule has 0 fully saturated rings. The summed E-state index contributed by atoms with van der Waals surface area (Å²) in [4.78, 5) is 11.7. The minimum Gasteiger partial charge on any atom is -0.465 e.